The SMILES string of the molecule is Cc1cc(C(=O)Nc2c(F)cccc2Oc2ccccc2)on1. The highest BCUT2D eigenvalue weighted by molar-refractivity contribution is 6.03. The van der Waals surface area contributed by atoms with E-state index in [0.717, 1.165) is 0 Å². The van der Waals surface area contributed by atoms with Gasteiger partial charge >= 0.3 is 0 Å². The summed E-state index contributed by atoms with van der Waals surface area (Å²) in [6, 6.07) is 14.7. The van der Waals surface area contributed by atoms with Gasteiger partial charge < -0.3 is 14.6 Å². The quantitative estimate of drug-likeness (QED) is 0.785. The largest absolute Gasteiger partial charge is 0.455 e. The Labute approximate surface area is 131 Å². The van der Waals surface area contributed by atoms with Crippen molar-refractivity contribution in [2.24, 2.45) is 0 Å². The van der Waals surface area contributed by atoms with E-state index >= 15 is 0 Å². The average molecular weight is 312 g/mol. The van der Waals surface area contributed by atoms with E-state index in [2.05, 4.69) is 10.5 Å². The predicted molar refractivity (Wildman–Crippen MR) is 82.1 cm³/mol. The second-order valence-corrected chi connectivity index (χ2v) is 4.81. The number of rotatable bonds is 4. The highest BCUT2D eigenvalue weighted by Crippen LogP contribution is 2.32. The van der Waals surface area contributed by atoms with Gasteiger partial charge in [0.05, 0.1) is 5.69 Å². The number of halogens is 1. The Morgan fingerprint density at radius 1 is 1.17 bits per heavy atom. The molecule has 1 amide bonds. The van der Waals surface area contributed by atoms with Gasteiger partial charge in [0.25, 0.3) is 5.91 Å². The molecule has 0 aliphatic heterocycles. The Morgan fingerprint density at radius 3 is 2.65 bits per heavy atom. The highest BCUT2D eigenvalue weighted by Gasteiger charge is 2.17. The van der Waals surface area contributed by atoms with E-state index in [4.69, 9.17) is 9.26 Å². The maximum Gasteiger partial charge on any atom is 0.294 e. The molecule has 0 aliphatic rings. The molecule has 0 saturated heterocycles. The van der Waals surface area contributed by atoms with Crippen LogP contribution >= 0.6 is 0 Å². The first-order valence-corrected chi connectivity index (χ1v) is 6.89. The number of ether oxygens (including phenoxy) is 1. The molecule has 0 fully saturated rings. The van der Waals surface area contributed by atoms with Crippen LogP contribution in [-0.2, 0) is 0 Å². The van der Waals surface area contributed by atoms with Gasteiger partial charge in [-0.1, -0.05) is 29.4 Å². The number of para-hydroxylation sites is 2. The topological polar surface area (TPSA) is 64.4 Å². The smallest absolute Gasteiger partial charge is 0.294 e. The van der Waals surface area contributed by atoms with Gasteiger partial charge in [-0.3, -0.25) is 4.79 Å². The zero-order chi connectivity index (χ0) is 16.2. The molecule has 0 spiro atoms. The van der Waals surface area contributed by atoms with Crippen LogP contribution in [0.1, 0.15) is 16.2 Å². The molecule has 0 atom stereocenters. The Morgan fingerprint density at radius 2 is 1.96 bits per heavy atom. The van der Waals surface area contributed by atoms with Crippen LogP contribution in [0.4, 0.5) is 10.1 Å². The molecule has 0 saturated carbocycles. The first kappa shape index (κ1) is 14.8. The second-order valence-electron chi connectivity index (χ2n) is 4.81. The van der Waals surface area contributed by atoms with Gasteiger partial charge in [0.2, 0.25) is 5.76 Å². The number of nitrogens with zero attached hydrogens (tertiary/aromatic N) is 1. The maximum atomic E-state index is 14.1. The minimum atomic E-state index is -0.608. The summed E-state index contributed by atoms with van der Waals surface area (Å²) in [6.45, 7) is 1.69. The number of carbonyl (C=O) groups is 1. The van der Waals surface area contributed by atoms with Crippen molar-refractivity contribution in [3.05, 3.63) is 71.9 Å². The zero-order valence-corrected chi connectivity index (χ0v) is 12.2. The molecule has 0 bridgehead atoms. The molecule has 1 aromatic heterocycles. The van der Waals surface area contributed by atoms with Crippen molar-refractivity contribution in [2.75, 3.05) is 5.32 Å². The fourth-order valence-corrected chi connectivity index (χ4v) is 1.97. The molecule has 0 radical (unpaired) electrons. The van der Waals surface area contributed by atoms with Crippen molar-refractivity contribution in [3.63, 3.8) is 0 Å². The molecule has 0 unspecified atom stereocenters. The molecular formula is C17H13FN2O3. The maximum absolute atomic E-state index is 14.1. The lowest BCUT2D eigenvalue weighted by Crippen LogP contribution is -2.13. The van der Waals surface area contributed by atoms with Gasteiger partial charge in [-0.2, -0.15) is 0 Å². The van der Waals surface area contributed by atoms with Crippen LogP contribution in [0.15, 0.2) is 59.1 Å². The Hall–Kier alpha value is -3.15. The van der Waals surface area contributed by atoms with E-state index in [0.29, 0.717) is 11.4 Å². The van der Waals surface area contributed by atoms with Gasteiger partial charge in [0, 0.05) is 6.07 Å². The number of benzene rings is 2. The van der Waals surface area contributed by atoms with Crippen LogP contribution in [0.5, 0.6) is 11.5 Å². The summed E-state index contributed by atoms with van der Waals surface area (Å²) in [5.74, 6) is -0.488. The normalized spacial score (nSPS) is 10.3. The minimum Gasteiger partial charge on any atom is -0.455 e. The lowest BCUT2D eigenvalue weighted by atomic mass is 10.2. The van der Waals surface area contributed by atoms with Crippen molar-refractivity contribution >= 4 is 11.6 Å². The first-order valence-electron chi connectivity index (χ1n) is 6.89. The van der Waals surface area contributed by atoms with Crippen LogP contribution < -0.4 is 10.1 Å². The number of hydrogen-bond donors (Lipinski definition) is 1. The monoisotopic (exact) mass is 312 g/mol. The molecule has 6 heteroatoms. The van der Waals surface area contributed by atoms with Gasteiger partial charge in [-0.05, 0) is 31.2 Å². The van der Waals surface area contributed by atoms with E-state index in [1.807, 2.05) is 6.07 Å². The standard InChI is InChI=1S/C17H13FN2O3/c1-11-10-15(23-20-11)17(21)19-16-13(18)8-5-9-14(16)22-12-6-3-2-4-7-12/h2-10H,1H3,(H,19,21). The summed E-state index contributed by atoms with van der Waals surface area (Å²) in [4.78, 5) is 12.1. The molecule has 116 valence electrons. The van der Waals surface area contributed by atoms with Crippen molar-refractivity contribution in [1.29, 1.82) is 0 Å². The summed E-state index contributed by atoms with van der Waals surface area (Å²) in [5.41, 5.74) is 0.500. The van der Waals surface area contributed by atoms with Crippen LogP contribution in [0.3, 0.4) is 0 Å². The average Bonchev–Trinajstić information content (AvgIpc) is 2.98. The number of hydrogen-bond acceptors (Lipinski definition) is 4. The van der Waals surface area contributed by atoms with Gasteiger partial charge in [-0.15, -0.1) is 0 Å². The van der Waals surface area contributed by atoms with Crippen LogP contribution in [0.2, 0.25) is 0 Å². The third kappa shape index (κ3) is 3.37. The van der Waals surface area contributed by atoms with Crippen LogP contribution in [0.25, 0.3) is 0 Å². The van der Waals surface area contributed by atoms with E-state index in [1.54, 1.807) is 37.3 Å². The van der Waals surface area contributed by atoms with Crippen molar-refractivity contribution in [1.82, 2.24) is 5.16 Å². The summed E-state index contributed by atoms with van der Waals surface area (Å²) in [6.07, 6.45) is 0. The fourth-order valence-electron chi connectivity index (χ4n) is 1.97. The van der Waals surface area contributed by atoms with Gasteiger partial charge in [0.15, 0.2) is 11.6 Å². The molecule has 2 aromatic carbocycles. The fraction of sp³-hybridized carbons (Fsp3) is 0.0588. The lowest BCUT2D eigenvalue weighted by Gasteiger charge is -2.12. The Bertz CT molecular complexity index is 831. The summed E-state index contributed by atoms with van der Waals surface area (Å²) in [5, 5.41) is 6.09. The second kappa shape index (κ2) is 6.31. The zero-order valence-electron chi connectivity index (χ0n) is 12.2. The summed E-state index contributed by atoms with van der Waals surface area (Å²) < 4.78 is 24.6. The Balaban J connectivity index is 1.88. The molecule has 3 rings (SSSR count). The van der Waals surface area contributed by atoms with E-state index in [1.165, 1.54) is 18.2 Å². The number of nitrogens with one attached hydrogen (secondary N) is 1. The van der Waals surface area contributed by atoms with Crippen molar-refractivity contribution in [3.8, 4) is 11.5 Å². The van der Waals surface area contributed by atoms with E-state index in [-0.39, 0.29) is 17.2 Å². The predicted octanol–water partition coefficient (Wildman–Crippen LogP) is 4.17. The third-order valence-corrected chi connectivity index (χ3v) is 3.04. The number of amides is 1. The van der Waals surface area contributed by atoms with E-state index in [9.17, 15) is 9.18 Å². The van der Waals surface area contributed by atoms with Gasteiger partial charge in [0.1, 0.15) is 11.4 Å². The Kier molecular flexibility index (Phi) is 4.05. The summed E-state index contributed by atoms with van der Waals surface area (Å²) >= 11 is 0. The molecule has 5 nitrogen and oxygen atoms in total. The third-order valence-electron chi connectivity index (χ3n) is 3.04. The van der Waals surface area contributed by atoms with Crippen molar-refractivity contribution < 1.29 is 18.4 Å². The molecule has 0 aliphatic carbocycles. The van der Waals surface area contributed by atoms with Crippen LogP contribution in [0, 0.1) is 12.7 Å². The molecular weight excluding hydrogens is 299 g/mol. The number of aryl methyl sites for hydroxylation is 1. The minimum absolute atomic E-state index is 0.00332. The van der Waals surface area contributed by atoms with Crippen LogP contribution in [-0.4, -0.2) is 11.1 Å². The highest BCUT2D eigenvalue weighted by atomic mass is 19.1. The molecule has 3 aromatic rings. The number of anilines is 1. The summed E-state index contributed by atoms with van der Waals surface area (Å²) in [7, 11) is 0. The number of carbonyl (C=O) groups excluding carboxylic acids is 1. The number of aromatic nitrogens is 1. The van der Waals surface area contributed by atoms with E-state index < -0.39 is 11.7 Å². The molecule has 1 heterocycles. The molecule has 1 N–H and O–H groups in total. The van der Waals surface area contributed by atoms with Gasteiger partial charge in [-0.25, -0.2) is 4.39 Å². The first-order chi connectivity index (χ1) is 11.1. The molecule has 23 heavy (non-hydrogen) atoms. The van der Waals surface area contributed by atoms with Crippen molar-refractivity contribution in [2.45, 2.75) is 6.92 Å². The lowest BCUT2D eigenvalue weighted by molar-refractivity contribution is 0.0987.